The van der Waals surface area contributed by atoms with E-state index in [4.69, 9.17) is 0 Å². The minimum absolute atomic E-state index is 0.156. The first-order valence-electron chi connectivity index (χ1n) is 8.89. The van der Waals surface area contributed by atoms with E-state index in [1.54, 1.807) is 13.3 Å². The molecule has 5 heteroatoms. The molecule has 2 aromatic carbocycles. The molecule has 0 unspecified atom stereocenters. The Kier molecular flexibility index (Phi) is 5.91. The summed E-state index contributed by atoms with van der Waals surface area (Å²) in [6.07, 6.45) is 3.58. The predicted octanol–water partition coefficient (Wildman–Crippen LogP) is 5.05. The van der Waals surface area contributed by atoms with Crippen LogP contribution in [-0.4, -0.2) is 29.3 Å². The van der Waals surface area contributed by atoms with Crippen molar-refractivity contribution in [2.75, 3.05) is 7.05 Å². The van der Waals surface area contributed by atoms with Crippen LogP contribution in [0.15, 0.2) is 63.5 Å². The average molecular weight is 378 g/mol. The molecule has 2 aromatic rings. The first-order chi connectivity index (χ1) is 13.0. The van der Waals surface area contributed by atoms with Gasteiger partial charge in [-0.1, -0.05) is 67.9 Å². The van der Waals surface area contributed by atoms with Gasteiger partial charge in [0.25, 0.3) is 5.91 Å². The van der Waals surface area contributed by atoms with Crippen LogP contribution in [0.25, 0.3) is 6.08 Å². The largest absolute Gasteiger partial charge is 0.287 e. The third-order valence-electron chi connectivity index (χ3n) is 4.28. The van der Waals surface area contributed by atoms with E-state index in [1.165, 1.54) is 27.9 Å². The van der Waals surface area contributed by atoms with Gasteiger partial charge < -0.3 is 0 Å². The number of carbonyl (C=O) groups is 1. The van der Waals surface area contributed by atoms with E-state index in [-0.39, 0.29) is 5.91 Å². The number of thioether (sulfide) groups is 1. The normalized spacial score (nSPS) is 17.8. The first-order valence-corrected chi connectivity index (χ1v) is 9.71. The van der Waals surface area contributed by atoms with Gasteiger partial charge >= 0.3 is 0 Å². The van der Waals surface area contributed by atoms with Gasteiger partial charge in [0.05, 0.1) is 11.1 Å². The lowest BCUT2D eigenvalue weighted by Crippen LogP contribution is -2.23. The first kappa shape index (κ1) is 19.1. The van der Waals surface area contributed by atoms with Gasteiger partial charge in [0, 0.05) is 7.05 Å². The smallest absolute Gasteiger partial charge is 0.266 e. The summed E-state index contributed by atoms with van der Waals surface area (Å²) in [6, 6.07) is 16.3. The minimum atomic E-state index is -0.156. The molecular formula is C22H23N3OS. The van der Waals surface area contributed by atoms with E-state index in [2.05, 4.69) is 36.1 Å². The molecular weight excluding hydrogens is 354 g/mol. The number of aryl methyl sites for hydroxylation is 1. The molecule has 1 amide bonds. The van der Waals surface area contributed by atoms with Crippen molar-refractivity contribution < 1.29 is 4.79 Å². The lowest BCUT2D eigenvalue weighted by Gasteiger charge is -2.07. The van der Waals surface area contributed by atoms with Crippen molar-refractivity contribution in [3.8, 4) is 0 Å². The Morgan fingerprint density at radius 1 is 1.00 bits per heavy atom. The van der Waals surface area contributed by atoms with E-state index >= 15 is 0 Å². The van der Waals surface area contributed by atoms with Gasteiger partial charge in [-0.15, -0.1) is 0 Å². The Labute approximate surface area is 164 Å². The topological polar surface area (TPSA) is 45.0 Å². The molecule has 4 nitrogen and oxygen atoms in total. The summed E-state index contributed by atoms with van der Waals surface area (Å²) in [6.45, 7) is 6.36. The standard InChI is InChI=1S/C22H23N3OS/c1-15(2)19-11-9-17(10-12-19)13-20-21(26)25(22(23-4)27-20)24-14-18-7-5-16(3)6-8-18/h5-15H,1-4H3/b20-13-,23-22?,24-14+. The number of carbonyl (C=O) groups excluding carboxylic acids is 1. The SMILES string of the molecule is CN=C1S/C(=C\c2ccc(C(C)C)cc2)C(=O)N1/N=C/c1ccc(C)cc1. The maximum Gasteiger partial charge on any atom is 0.287 e. The highest BCUT2D eigenvalue weighted by Crippen LogP contribution is 2.32. The Hall–Kier alpha value is -2.66. The summed E-state index contributed by atoms with van der Waals surface area (Å²) in [5, 5.41) is 6.29. The molecule has 1 aliphatic rings. The van der Waals surface area contributed by atoms with Gasteiger partial charge in [-0.3, -0.25) is 9.79 Å². The number of benzene rings is 2. The molecule has 0 N–H and O–H groups in total. The van der Waals surface area contributed by atoms with Crippen molar-refractivity contribution in [3.05, 3.63) is 75.7 Å². The number of rotatable bonds is 4. The highest BCUT2D eigenvalue weighted by Gasteiger charge is 2.33. The van der Waals surface area contributed by atoms with Crippen LogP contribution in [0.1, 0.15) is 42.0 Å². The van der Waals surface area contributed by atoms with Crippen molar-refractivity contribution in [2.45, 2.75) is 26.7 Å². The van der Waals surface area contributed by atoms with Crippen LogP contribution < -0.4 is 0 Å². The van der Waals surface area contributed by atoms with Gasteiger partial charge in [0.15, 0.2) is 5.17 Å². The summed E-state index contributed by atoms with van der Waals surface area (Å²) in [7, 11) is 1.67. The zero-order valence-corrected chi connectivity index (χ0v) is 16.8. The van der Waals surface area contributed by atoms with E-state index < -0.39 is 0 Å². The Bertz CT molecular complexity index is 910. The molecule has 0 atom stereocenters. The maximum atomic E-state index is 12.8. The highest BCUT2D eigenvalue weighted by molar-refractivity contribution is 8.18. The second kappa shape index (κ2) is 8.35. The molecule has 1 fully saturated rings. The fourth-order valence-corrected chi connectivity index (χ4v) is 3.49. The molecule has 138 valence electrons. The Morgan fingerprint density at radius 3 is 2.22 bits per heavy atom. The van der Waals surface area contributed by atoms with E-state index in [0.29, 0.717) is 16.0 Å². The monoisotopic (exact) mass is 377 g/mol. The Morgan fingerprint density at radius 2 is 1.63 bits per heavy atom. The molecule has 3 rings (SSSR count). The summed E-state index contributed by atoms with van der Waals surface area (Å²) in [5.41, 5.74) is 4.40. The number of hydrazone groups is 1. The summed E-state index contributed by atoms with van der Waals surface area (Å²) in [5.74, 6) is 0.330. The van der Waals surface area contributed by atoms with Gasteiger partial charge in [-0.05, 0) is 47.4 Å². The summed E-state index contributed by atoms with van der Waals surface area (Å²) >= 11 is 1.34. The molecule has 0 spiro atoms. The van der Waals surface area contributed by atoms with Crippen molar-refractivity contribution in [3.63, 3.8) is 0 Å². The van der Waals surface area contributed by atoms with Crippen LogP contribution in [-0.2, 0) is 4.79 Å². The third-order valence-corrected chi connectivity index (χ3v) is 5.33. The van der Waals surface area contributed by atoms with Crippen LogP contribution in [0, 0.1) is 6.92 Å². The number of amides is 1. The molecule has 0 radical (unpaired) electrons. The molecule has 0 aromatic heterocycles. The van der Waals surface area contributed by atoms with Crippen LogP contribution >= 0.6 is 11.8 Å². The number of amidine groups is 1. The minimum Gasteiger partial charge on any atom is -0.266 e. The Balaban J connectivity index is 1.81. The molecule has 1 heterocycles. The number of aliphatic imine (C=N–C) groups is 1. The third kappa shape index (κ3) is 4.55. The lowest BCUT2D eigenvalue weighted by atomic mass is 10.0. The van der Waals surface area contributed by atoms with Crippen LogP contribution in [0.5, 0.6) is 0 Å². The molecule has 0 bridgehead atoms. The van der Waals surface area contributed by atoms with Crippen LogP contribution in [0.2, 0.25) is 0 Å². The number of hydrogen-bond donors (Lipinski definition) is 0. The molecule has 0 saturated carbocycles. The van der Waals surface area contributed by atoms with Crippen molar-refractivity contribution >= 4 is 35.1 Å². The summed E-state index contributed by atoms with van der Waals surface area (Å²) in [4.78, 5) is 17.6. The molecule has 0 aliphatic carbocycles. The van der Waals surface area contributed by atoms with Gasteiger partial charge in [-0.2, -0.15) is 10.1 Å². The lowest BCUT2D eigenvalue weighted by molar-refractivity contribution is -0.122. The molecule has 1 aliphatic heterocycles. The van der Waals surface area contributed by atoms with Crippen LogP contribution in [0.4, 0.5) is 0 Å². The quantitative estimate of drug-likeness (QED) is 0.552. The van der Waals surface area contributed by atoms with Gasteiger partial charge in [-0.25, -0.2) is 0 Å². The van der Waals surface area contributed by atoms with Gasteiger partial charge in [0.2, 0.25) is 0 Å². The second-order valence-electron chi connectivity index (χ2n) is 6.71. The summed E-state index contributed by atoms with van der Waals surface area (Å²) < 4.78 is 0. The number of hydrogen-bond acceptors (Lipinski definition) is 4. The fourth-order valence-electron chi connectivity index (χ4n) is 2.62. The van der Waals surface area contributed by atoms with Crippen molar-refractivity contribution in [2.24, 2.45) is 10.1 Å². The van der Waals surface area contributed by atoms with E-state index in [9.17, 15) is 4.79 Å². The maximum absolute atomic E-state index is 12.8. The highest BCUT2D eigenvalue weighted by atomic mass is 32.2. The van der Waals surface area contributed by atoms with E-state index in [0.717, 1.165) is 11.1 Å². The second-order valence-corrected chi connectivity index (χ2v) is 7.72. The average Bonchev–Trinajstić information content (AvgIpc) is 2.97. The van der Waals surface area contributed by atoms with Crippen LogP contribution in [0.3, 0.4) is 0 Å². The fraction of sp³-hybridized carbons (Fsp3) is 0.227. The van der Waals surface area contributed by atoms with Crippen molar-refractivity contribution in [1.29, 1.82) is 0 Å². The predicted molar refractivity (Wildman–Crippen MR) is 115 cm³/mol. The molecule has 27 heavy (non-hydrogen) atoms. The zero-order valence-electron chi connectivity index (χ0n) is 16.0. The van der Waals surface area contributed by atoms with Crippen molar-refractivity contribution in [1.82, 2.24) is 5.01 Å². The van der Waals surface area contributed by atoms with Gasteiger partial charge in [0.1, 0.15) is 0 Å². The zero-order chi connectivity index (χ0) is 19.4. The number of nitrogens with zero attached hydrogens (tertiary/aromatic N) is 3. The molecule has 1 saturated heterocycles. The van der Waals surface area contributed by atoms with E-state index in [1.807, 2.05) is 49.4 Å².